The third-order valence-corrected chi connectivity index (χ3v) is 2.80. The zero-order chi connectivity index (χ0) is 10.9. The van der Waals surface area contributed by atoms with Gasteiger partial charge in [-0.15, -0.1) is 0 Å². The van der Waals surface area contributed by atoms with Crippen LogP contribution in [0.3, 0.4) is 0 Å². The van der Waals surface area contributed by atoms with Crippen molar-refractivity contribution in [1.82, 2.24) is 0 Å². The van der Waals surface area contributed by atoms with E-state index in [0.29, 0.717) is 0 Å². The number of hydrogen-bond donors (Lipinski definition) is 0. The molecule has 0 saturated carbocycles. The van der Waals surface area contributed by atoms with Crippen LogP contribution in [0.15, 0.2) is 12.2 Å². The largest absolute Gasteiger partial charge is 0.460 e. The number of hydrogen-bond acceptors (Lipinski definition) is 2. The van der Waals surface area contributed by atoms with Crippen LogP contribution in [-0.4, -0.2) is 12.1 Å². The first-order valence-electron chi connectivity index (χ1n) is 6.16. The molecule has 0 spiro atoms. The lowest BCUT2D eigenvalue weighted by Gasteiger charge is -2.11. The second kappa shape index (κ2) is 7.49. The minimum atomic E-state index is -0.179. The van der Waals surface area contributed by atoms with Crippen molar-refractivity contribution in [2.75, 3.05) is 0 Å². The predicted molar refractivity (Wildman–Crippen MR) is 61.6 cm³/mol. The van der Waals surface area contributed by atoms with Crippen LogP contribution >= 0.6 is 0 Å². The van der Waals surface area contributed by atoms with Crippen LogP contribution in [0.1, 0.15) is 58.3 Å². The van der Waals surface area contributed by atoms with Crippen LogP contribution in [0, 0.1) is 0 Å². The zero-order valence-corrected chi connectivity index (χ0v) is 9.71. The Balaban J connectivity index is 2.35. The van der Waals surface area contributed by atoms with Gasteiger partial charge in [0.15, 0.2) is 0 Å². The Morgan fingerprint density at radius 1 is 1.13 bits per heavy atom. The molecule has 1 aliphatic heterocycles. The molecule has 0 fully saturated rings. The number of allylic oxidation sites excluding steroid dienone is 1. The fourth-order valence-electron chi connectivity index (χ4n) is 1.88. The number of ether oxygens (including phenoxy) is 1. The molecule has 86 valence electrons. The van der Waals surface area contributed by atoms with Crippen LogP contribution < -0.4 is 0 Å². The fraction of sp³-hybridized carbons (Fsp3) is 0.769. The predicted octanol–water partition coefficient (Wildman–Crippen LogP) is 3.61. The lowest BCUT2D eigenvalue weighted by molar-refractivity contribution is -0.142. The Kier molecular flexibility index (Phi) is 6.14. The van der Waals surface area contributed by atoms with Gasteiger partial charge in [-0.25, -0.2) is 4.79 Å². The molecule has 0 aromatic rings. The van der Waals surface area contributed by atoms with Gasteiger partial charge in [-0.05, 0) is 32.6 Å². The molecule has 0 saturated heterocycles. The molecule has 1 heterocycles. The molecule has 0 unspecified atom stereocenters. The van der Waals surface area contributed by atoms with Gasteiger partial charge in [0, 0.05) is 6.08 Å². The Morgan fingerprint density at radius 3 is 2.60 bits per heavy atom. The molecule has 2 heteroatoms. The van der Waals surface area contributed by atoms with E-state index in [1.807, 2.05) is 13.0 Å². The van der Waals surface area contributed by atoms with Crippen molar-refractivity contribution in [3.63, 3.8) is 0 Å². The number of carbonyl (C=O) groups is 1. The molecule has 0 aromatic carbocycles. The number of cyclic esters (lactones) is 1. The first-order valence-corrected chi connectivity index (χ1v) is 6.16. The van der Waals surface area contributed by atoms with Gasteiger partial charge in [0.25, 0.3) is 0 Å². The third-order valence-electron chi connectivity index (χ3n) is 2.80. The van der Waals surface area contributed by atoms with Crippen molar-refractivity contribution in [3.8, 4) is 0 Å². The average Bonchev–Trinajstić information content (AvgIpc) is 2.21. The topological polar surface area (TPSA) is 26.3 Å². The van der Waals surface area contributed by atoms with Crippen molar-refractivity contribution in [2.24, 2.45) is 0 Å². The summed E-state index contributed by atoms with van der Waals surface area (Å²) in [6.45, 7) is 1.98. The smallest absolute Gasteiger partial charge is 0.330 e. The maximum atomic E-state index is 11.3. The van der Waals surface area contributed by atoms with E-state index < -0.39 is 0 Å². The van der Waals surface area contributed by atoms with Gasteiger partial charge < -0.3 is 4.74 Å². The standard InChI is InChI=1S/C13H22O2/c1-12-10-8-6-4-2-3-5-7-9-11-13(14)15-12/h9,11-12H,2-8,10H2,1H3/b11-9+/t12-/m1/s1. The van der Waals surface area contributed by atoms with Crippen LogP contribution in [0.4, 0.5) is 0 Å². The van der Waals surface area contributed by atoms with Crippen LogP contribution in [0.25, 0.3) is 0 Å². The molecule has 15 heavy (non-hydrogen) atoms. The highest BCUT2D eigenvalue weighted by atomic mass is 16.5. The molecule has 0 N–H and O–H groups in total. The highest BCUT2D eigenvalue weighted by molar-refractivity contribution is 5.81. The monoisotopic (exact) mass is 210 g/mol. The van der Waals surface area contributed by atoms with Crippen molar-refractivity contribution < 1.29 is 9.53 Å². The average molecular weight is 210 g/mol. The van der Waals surface area contributed by atoms with E-state index in [4.69, 9.17) is 4.74 Å². The Hall–Kier alpha value is -0.790. The highest BCUT2D eigenvalue weighted by Crippen LogP contribution is 2.12. The lowest BCUT2D eigenvalue weighted by atomic mass is 10.1. The van der Waals surface area contributed by atoms with E-state index >= 15 is 0 Å². The van der Waals surface area contributed by atoms with E-state index in [9.17, 15) is 4.79 Å². The van der Waals surface area contributed by atoms with Crippen molar-refractivity contribution in [1.29, 1.82) is 0 Å². The van der Waals surface area contributed by atoms with Gasteiger partial charge in [0.2, 0.25) is 0 Å². The van der Waals surface area contributed by atoms with E-state index in [0.717, 1.165) is 12.8 Å². The van der Waals surface area contributed by atoms with E-state index in [-0.39, 0.29) is 12.1 Å². The lowest BCUT2D eigenvalue weighted by Crippen LogP contribution is -2.12. The van der Waals surface area contributed by atoms with Gasteiger partial charge in [-0.3, -0.25) is 0 Å². The summed E-state index contributed by atoms with van der Waals surface area (Å²) in [4.78, 5) is 11.3. The summed E-state index contributed by atoms with van der Waals surface area (Å²) in [6, 6.07) is 0. The zero-order valence-electron chi connectivity index (χ0n) is 9.71. The minimum absolute atomic E-state index is 0.0721. The molecule has 0 aromatic heterocycles. The second-order valence-corrected chi connectivity index (χ2v) is 4.35. The van der Waals surface area contributed by atoms with Gasteiger partial charge in [0.1, 0.15) is 0 Å². The summed E-state index contributed by atoms with van der Waals surface area (Å²) in [5.74, 6) is -0.179. The van der Waals surface area contributed by atoms with Gasteiger partial charge in [0.05, 0.1) is 6.10 Å². The Labute approximate surface area is 92.7 Å². The SMILES string of the molecule is C[C@@H]1CCCCCCCC/C=C/C(=O)O1. The van der Waals surface area contributed by atoms with E-state index in [1.54, 1.807) is 6.08 Å². The summed E-state index contributed by atoms with van der Waals surface area (Å²) in [6.07, 6.45) is 13.2. The minimum Gasteiger partial charge on any atom is -0.460 e. The second-order valence-electron chi connectivity index (χ2n) is 4.35. The molecular weight excluding hydrogens is 188 g/mol. The quantitative estimate of drug-likeness (QED) is 0.571. The summed E-state index contributed by atoms with van der Waals surface area (Å²) >= 11 is 0. The molecule has 0 radical (unpaired) electrons. The first kappa shape index (κ1) is 12.3. The van der Waals surface area contributed by atoms with Crippen molar-refractivity contribution in [2.45, 2.75) is 64.4 Å². The number of rotatable bonds is 0. The van der Waals surface area contributed by atoms with E-state index in [1.165, 1.54) is 38.5 Å². The third kappa shape index (κ3) is 6.32. The normalized spacial score (nSPS) is 28.1. The molecule has 2 nitrogen and oxygen atoms in total. The van der Waals surface area contributed by atoms with Crippen molar-refractivity contribution in [3.05, 3.63) is 12.2 Å². The van der Waals surface area contributed by atoms with Gasteiger partial charge in [-0.2, -0.15) is 0 Å². The molecule has 1 atom stereocenters. The summed E-state index contributed by atoms with van der Waals surface area (Å²) in [7, 11) is 0. The maximum Gasteiger partial charge on any atom is 0.330 e. The first-order chi connectivity index (χ1) is 7.29. The molecule has 1 rings (SSSR count). The number of carbonyl (C=O) groups excluding carboxylic acids is 1. The summed E-state index contributed by atoms with van der Waals surface area (Å²) in [5.41, 5.74) is 0. The summed E-state index contributed by atoms with van der Waals surface area (Å²) < 4.78 is 5.24. The molecule has 0 aliphatic carbocycles. The molecule has 0 amide bonds. The molecular formula is C13H22O2. The highest BCUT2D eigenvalue weighted by Gasteiger charge is 2.06. The van der Waals surface area contributed by atoms with Crippen LogP contribution in [-0.2, 0) is 9.53 Å². The molecule has 1 aliphatic rings. The summed E-state index contributed by atoms with van der Waals surface area (Å²) in [5, 5.41) is 0. The van der Waals surface area contributed by atoms with Gasteiger partial charge in [-0.1, -0.05) is 31.8 Å². The Bertz CT molecular complexity index is 209. The Morgan fingerprint density at radius 2 is 1.80 bits per heavy atom. The van der Waals surface area contributed by atoms with Crippen molar-refractivity contribution >= 4 is 5.97 Å². The van der Waals surface area contributed by atoms with Crippen LogP contribution in [0.5, 0.6) is 0 Å². The number of esters is 1. The van der Waals surface area contributed by atoms with Crippen LogP contribution in [0.2, 0.25) is 0 Å². The maximum absolute atomic E-state index is 11.3. The van der Waals surface area contributed by atoms with Gasteiger partial charge >= 0.3 is 5.97 Å². The van der Waals surface area contributed by atoms with E-state index in [2.05, 4.69) is 0 Å². The fourth-order valence-corrected chi connectivity index (χ4v) is 1.88. The molecule has 0 bridgehead atoms.